The van der Waals surface area contributed by atoms with Crippen molar-refractivity contribution in [3.8, 4) is 5.75 Å². The minimum Gasteiger partial charge on any atom is -0.496 e. The summed E-state index contributed by atoms with van der Waals surface area (Å²) in [5.41, 5.74) is 7.59. The first kappa shape index (κ1) is 14.3. The normalized spacial score (nSPS) is 12.3. The van der Waals surface area contributed by atoms with Gasteiger partial charge in [-0.05, 0) is 35.9 Å². The van der Waals surface area contributed by atoms with Crippen LogP contribution in [0.2, 0.25) is 5.02 Å². The third-order valence-corrected chi connectivity index (χ3v) is 3.75. The first-order valence-corrected chi connectivity index (χ1v) is 6.74. The van der Waals surface area contributed by atoms with Gasteiger partial charge in [-0.3, -0.25) is 0 Å². The third-order valence-electron chi connectivity index (χ3n) is 2.82. The van der Waals surface area contributed by atoms with E-state index in [-0.39, 0.29) is 5.82 Å². The molecule has 0 fully saturated rings. The van der Waals surface area contributed by atoms with Gasteiger partial charge in [-0.15, -0.1) is 0 Å². The van der Waals surface area contributed by atoms with Crippen molar-refractivity contribution in [3.63, 3.8) is 0 Å². The first-order valence-electron chi connectivity index (χ1n) is 5.57. The molecule has 0 bridgehead atoms. The van der Waals surface area contributed by atoms with Gasteiger partial charge in [0.2, 0.25) is 0 Å². The maximum Gasteiger partial charge on any atom is 0.124 e. The molecule has 0 saturated heterocycles. The van der Waals surface area contributed by atoms with E-state index < -0.39 is 6.04 Å². The Balaban J connectivity index is 2.49. The summed E-state index contributed by atoms with van der Waals surface area (Å²) in [7, 11) is 1.53. The van der Waals surface area contributed by atoms with E-state index in [1.54, 1.807) is 24.3 Å². The second-order valence-corrected chi connectivity index (χ2v) is 5.32. The van der Waals surface area contributed by atoms with Crippen LogP contribution >= 0.6 is 27.5 Å². The molecule has 1 unspecified atom stereocenters. The highest BCUT2D eigenvalue weighted by molar-refractivity contribution is 9.10. The predicted octanol–water partition coefficient (Wildman–Crippen LogP) is 4.30. The molecule has 0 aliphatic heterocycles. The zero-order valence-corrected chi connectivity index (χ0v) is 12.5. The highest BCUT2D eigenvalue weighted by Gasteiger charge is 2.17. The number of ether oxygens (including phenoxy) is 1. The molecule has 0 saturated carbocycles. The number of hydrogen-bond donors (Lipinski definition) is 1. The van der Waals surface area contributed by atoms with E-state index in [1.807, 2.05) is 0 Å². The lowest BCUT2D eigenvalue weighted by Crippen LogP contribution is -2.14. The van der Waals surface area contributed by atoms with Gasteiger partial charge < -0.3 is 10.5 Å². The Kier molecular flexibility index (Phi) is 4.45. The molecule has 2 aromatic rings. The molecule has 2 nitrogen and oxygen atoms in total. The summed E-state index contributed by atoms with van der Waals surface area (Å²) >= 11 is 9.31. The van der Waals surface area contributed by atoms with Crippen LogP contribution in [0.3, 0.4) is 0 Å². The van der Waals surface area contributed by atoms with Gasteiger partial charge in [0.05, 0.1) is 13.2 Å². The number of nitrogens with two attached hydrogens (primary N) is 1. The van der Waals surface area contributed by atoms with Gasteiger partial charge in [-0.1, -0.05) is 33.6 Å². The van der Waals surface area contributed by atoms with Crippen molar-refractivity contribution >= 4 is 27.5 Å². The van der Waals surface area contributed by atoms with Crippen LogP contribution < -0.4 is 10.5 Å². The van der Waals surface area contributed by atoms with Crippen molar-refractivity contribution in [2.45, 2.75) is 6.04 Å². The monoisotopic (exact) mass is 343 g/mol. The molecule has 2 rings (SSSR count). The Morgan fingerprint density at radius 2 is 1.95 bits per heavy atom. The fraction of sp³-hybridized carbons (Fsp3) is 0.143. The fourth-order valence-corrected chi connectivity index (χ4v) is 2.80. The van der Waals surface area contributed by atoms with Crippen molar-refractivity contribution in [2.75, 3.05) is 7.11 Å². The van der Waals surface area contributed by atoms with Crippen LogP contribution in [0, 0.1) is 5.82 Å². The van der Waals surface area contributed by atoms with Crippen LogP contribution in [-0.2, 0) is 0 Å². The van der Waals surface area contributed by atoms with Crippen LogP contribution in [0.25, 0.3) is 0 Å². The largest absolute Gasteiger partial charge is 0.496 e. The van der Waals surface area contributed by atoms with Crippen LogP contribution in [0.4, 0.5) is 4.39 Å². The predicted molar refractivity (Wildman–Crippen MR) is 78.1 cm³/mol. The molecule has 0 aliphatic carbocycles. The van der Waals surface area contributed by atoms with Gasteiger partial charge >= 0.3 is 0 Å². The number of hydrogen-bond acceptors (Lipinski definition) is 2. The molecule has 2 aromatic carbocycles. The van der Waals surface area contributed by atoms with Gasteiger partial charge in [-0.25, -0.2) is 4.39 Å². The Morgan fingerprint density at radius 3 is 2.58 bits per heavy atom. The molecule has 0 radical (unpaired) electrons. The van der Waals surface area contributed by atoms with Gasteiger partial charge in [0, 0.05) is 15.1 Å². The Bertz CT molecular complexity index is 606. The van der Waals surface area contributed by atoms with E-state index in [1.165, 1.54) is 19.2 Å². The molecule has 19 heavy (non-hydrogen) atoms. The Morgan fingerprint density at radius 1 is 1.21 bits per heavy atom. The number of halogens is 3. The second-order valence-electron chi connectivity index (χ2n) is 4.03. The molecule has 2 N–H and O–H groups in total. The molecule has 1 atom stereocenters. The minimum absolute atomic E-state index is 0.351. The number of methoxy groups -OCH3 is 1. The lowest BCUT2D eigenvalue weighted by atomic mass is 9.98. The zero-order valence-electron chi connectivity index (χ0n) is 10.2. The van der Waals surface area contributed by atoms with Crippen LogP contribution in [0.5, 0.6) is 5.75 Å². The topological polar surface area (TPSA) is 35.2 Å². The molecule has 5 heteroatoms. The maximum absolute atomic E-state index is 13.4. The number of rotatable bonds is 3. The zero-order chi connectivity index (χ0) is 14.0. The summed E-state index contributed by atoms with van der Waals surface area (Å²) in [6.45, 7) is 0. The lowest BCUT2D eigenvalue weighted by Gasteiger charge is -2.17. The molecule has 100 valence electrons. The highest BCUT2D eigenvalue weighted by atomic mass is 79.9. The number of benzene rings is 2. The standard InChI is InChI=1S/C14H12BrClFNO/c1-19-13-5-3-9(17)7-11(13)14(18)10-4-2-8(16)6-12(10)15/h2-7,14H,18H2,1H3. The Hall–Kier alpha value is -1.10. The molecular weight excluding hydrogens is 333 g/mol. The average Bonchev–Trinajstić information content (AvgIpc) is 2.38. The van der Waals surface area contributed by atoms with Crippen molar-refractivity contribution in [3.05, 3.63) is 62.8 Å². The summed E-state index contributed by atoms with van der Waals surface area (Å²) in [4.78, 5) is 0. The molecule has 0 amide bonds. The summed E-state index contributed by atoms with van der Waals surface area (Å²) in [6.07, 6.45) is 0. The highest BCUT2D eigenvalue weighted by Crippen LogP contribution is 2.33. The van der Waals surface area contributed by atoms with Gasteiger partial charge in [0.15, 0.2) is 0 Å². The third kappa shape index (κ3) is 3.08. The smallest absolute Gasteiger partial charge is 0.124 e. The van der Waals surface area contributed by atoms with Gasteiger partial charge in [-0.2, -0.15) is 0 Å². The van der Waals surface area contributed by atoms with Crippen molar-refractivity contribution in [1.82, 2.24) is 0 Å². The molecule has 0 spiro atoms. The van der Waals surface area contributed by atoms with Crippen LogP contribution in [0.1, 0.15) is 17.2 Å². The molecule has 0 aromatic heterocycles. The van der Waals surface area contributed by atoms with Crippen molar-refractivity contribution < 1.29 is 9.13 Å². The van der Waals surface area contributed by atoms with Crippen molar-refractivity contribution in [2.24, 2.45) is 5.73 Å². The molecular formula is C14H12BrClFNO. The molecule has 0 heterocycles. The minimum atomic E-state index is -0.503. The first-order chi connectivity index (χ1) is 9.02. The van der Waals surface area contributed by atoms with Gasteiger partial charge in [0.1, 0.15) is 11.6 Å². The van der Waals surface area contributed by atoms with Crippen molar-refractivity contribution in [1.29, 1.82) is 0 Å². The summed E-state index contributed by atoms with van der Waals surface area (Å²) in [5, 5.41) is 0.606. The summed E-state index contributed by atoms with van der Waals surface area (Å²) < 4.78 is 19.4. The molecule has 0 aliphatic rings. The second kappa shape index (κ2) is 5.90. The lowest BCUT2D eigenvalue weighted by molar-refractivity contribution is 0.406. The Labute approximate surface area is 124 Å². The average molecular weight is 345 g/mol. The maximum atomic E-state index is 13.4. The summed E-state index contributed by atoms with van der Waals surface area (Å²) in [6, 6.07) is 9.08. The van der Waals surface area contributed by atoms with E-state index in [4.69, 9.17) is 22.1 Å². The van der Waals surface area contributed by atoms with Crippen LogP contribution in [0.15, 0.2) is 40.9 Å². The van der Waals surface area contributed by atoms with E-state index in [2.05, 4.69) is 15.9 Å². The van der Waals surface area contributed by atoms with E-state index in [0.717, 1.165) is 10.0 Å². The summed E-state index contributed by atoms with van der Waals surface area (Å²) in [5.74, 6) is 0.201. The van der Waals surface area contributed by atoms with E-state index in [9.17, 15) is 4.39 Å². The SMILES string of the molecule is COc1ccc(F)cc1C(N)c1ccc(Cl)cc1Br. The quantitative estimate of drug-likeness (QED) is 0.901. The van der Waals surface area contributed by atoms with Gasteiger partial charge in [0.25, 0.3) is 0 Å². The fourth-order valence-electron chi connectivity index (χ4n) is 1.87. The van der Waals surface area contributed by atoms with E-state index >= 15 is 0 Å². The van der Waals surface area contributed by atoms with E-state index in [0.29, 0.717) is 16.3 Å². The van der Waals surface area contributed by atoms with Crippen LogP contribution in [-0.4, -0.2) is 7.11 Å².